The Morgan fingerprint density at radius 1 is 1.31 bits per heavy atom. The molecule has 0 aliphatic carbocycles. The van der Waals surface area contributed by atoms with Crippen molar-refractivity contribution in [2.75, 3.05) is 13.1 Å². The summed E-state index contributed by atoms with van der Waals surface area (Å²) in [4.78, 5) is 11.8. The van der Waals surface area contributed by atoms with Crippen LogP contribution in [0.5, 0.6) is 5.75 Å². The zero-order valence-electron chi connectivity index (χ0n) is 9.28. The fraction of sp³-hybridized carbons (Fsp3) is 0.462. The molecule has 0 bridgehead atoms. The first kappa shape index (κ1) is 11.1. The molecule has 1 aromatic carbocycles. The second-order valence-electron chi connectivity index (χ2n) is 4.28. The predicted molar refractivity (Wildman–Crippen MR) is 62.4 cm³/mol. The van der Waals surface area contributed by atoms with E-state index in [-0.39, 0.29) is 5.92 Å². The van der Waals surface area contributed by atoms with Crippen LogP contribution < -0.4 is 5.32 Å². The van der Waals surface area contributed by atoms with Crippen molar-refractivity contribution in [1.82, 2.24) is 5.32 Å². The van der Waals surface area contributed by atoms with Gasteiger partial charge < -0.3 is 10.4 Å². The van der Waals surface area contributed by atoms with Gasteiger partial charge in [0, 0.05) is 18.9 Å². The Balaban J connectivity index is 2.08. The molecule has 0 aromatic heterocycles. The van der Waals surface area contributed by atoms with Gasteiger partial charge in [-0.15, -0.1) is 0 Å². The summed E-state index contributed by atoms with van der Waals surface area (Å²) in [5.41, 5.74) is 0.878. The number of rotatable bonds is 2. The molecule has 1 aliphatic heterocycles. The van der Waals surface area contributed by atoms with Gasteiger partial charge in [-0.25, -0.2) is 0 Å². The molecule has 1 heterocycles. The average Bonchev–Trinajstić information content (AvgIpc) is 2.48. The third kappa shape index (κ3) is 2.61. The number of carbonyl (C=O) groups excluding carboxylic acids is 1. The van der Waals surface area contributed by atoms with Crippen LogP contribution in [0, 0.1) is 5.92 Å². The molecule has 86 valence electrons. The monoisotopic (exact) mass is 219 g/mol. The van der Waals surface area contributed by atoms with E-state index in [1.54, 1.807) is 12.1 Å². The lowest BCUT2D eigenvalue weighted by Gasteiger charge is -2.13. The number of hydrogen-bond acceptors (Lipinski definition) is 3. The normalized spacial score (nSPS) is 21.8. The van der Waals surface area contributed by atoms with Gasteiger partial charge in [-0.05, 0) is 31.0 Å². The summed E-state index contributed by atoms with van der Waals surface area (Å²) >= 11 is 0. The van der Waals surface area contributed by atoms with Gasteiger partial charge in [-0.3, -0.25) is 4.79 Å². The molecule has 1 aliphatic rings. The van der Waals surface area contributed by atoms with Crippen LogP contribution in [0.15, 0.2) is 24.3 Å². The van der Waals surface area contributed by atoms with Crippen LogP contribution in [0.4, 0.5) is 0 Å². The first-order valence-electron chi connectivity index (χ1n) is 5.77. The lowest BCUT2D eigenvalue weighted by molar-refractivity contribution is -0.122. The molecule has 3 heteroatoms. The summed E-state index contributed by atoms with van der Waals surface area (Å²) < 4.78 is 0. The van der Waals surface area contributed by atoms with Crippen LogP contribution >= 0.6 is 0 Å². The van der Waals surface area contributed by atoms with Crippen molar-refractivity contribution < 1.29 is 9.90 Å². The van der Waals surface area contributed by atoms with E-state index in [9.17, 15) is 9.90 Å². The van der Waals surface area contributed by atoms with Gasteiger partial charge in [0.25, 0.3) is 0 Å². The Morgan fingerprint density at radius 3 is 2.94 bits per heavy atom. The highest BCUT2D eigenvalue weighted by molar-refractivity contribution is 5.81. The minimum Gasteiger partial charge on any atom is -0.508 e. The number of nitrogens with one attached hydrogen (secondary N) is 1. The van der Waals surface area contributed by atoms with Gasteiger partial charge in [0.05, 0.1) is 0 Å². The lowest BCUT2D eigenvalue weighted by Crippen LogP contribution is -2.16. The topological polar surface area (TPSA) is 49.3 Å². The third-order valence-corrected chi connectivity index (χ3v) is 3.13. The van der Waals surface area contributed by atoms with E-state index in [1.807, 2.05) is 12.1 Å². The van der Waals surface area contributed by atoms with Crippen LogP contribution in [-0.4, -0.2) is 24.0 Å². The molecule has 1 fully saturated rings. The Labute approximate surface area is 95.5 Å². The van der Waals surface area contributed by atoms with E-state index in [4.69, 9.17) is 0 Å². The van der Waals surface area contributed by atoms with Crippen LogP contribution in [0.1, 0.15) is 18.4 Å². The second-order valence-corrected chi connectivity index (χ2v) is 4.28. The summed E-state index contributed by atoms with van der Waals surface area (Å²) in [5.74, 6) is 0.670. The standard InChI is InChI=1S/C13H17NO2/c15-12-4-2-1-3-10(12)9-11-5-7-14-8-6-13(11)16/h1-4,11,14-15H,5-9H2. The van der Waals surface area contributed by atoms with Crippen molar-refractivity contribution in [1.29, 1.82) is 0 Å². The van der Waals surface area contributed by atoms with Gasteiger partial charge in [0.2, 0.25) is 0 Å². The predicted octanol–water partition coefficient (Wildman–Crippen LogP) is 1.50. The first-order valence-corrected chi connectivity index (χ1v) is 5.77. The van der Waals surface area contributed by atoms with Crippen molar-refractivity contribution in [3.63, 3.8) is 0 Å². The SMILES string of the molecule is O=C1CCNCCC1Cc1ccccc1O. The van der Waals surface area contributed by atoms with Gasteiger partial charge in [0.15, 0.2) is 0 Å². The maximum atomic E-state index is 11.8. The molecule has 0 amide bonds. The minimum absolute atomic E-state index is 0.0586. The lowest BCUT2D eigenvalue weighted by atomic mass is 9.91. The summed E-state index contributed by atoms with van der Waals surface area (Å²) in [6.07, 6.45) is 2.14. The van der Waals surface area contributed by atoms with Crippen molar-refractivity contribution in [2.45, 2.75) is 19.3 Å². The quantitative estimate of drug-likeness (QED) is 0.792. The fourth-order valence-corrected chi connectivity index (χ4v) is 2.14. The zero-order chi connectivity index (χ0) is 11.4. The van der Waals surface area contributed by atoms with Crippen molar-refractivity contribution in [2.24, 2.45) is 5.92 Å². The molecule has 3 nitrogen and oxygen atoms in total. The van der Waals surface area contributed by atoms with Gasteiger partial charge in [-0.1, -0.05) is 18.2 Å². The summed E-state index contributed by atoms with van der Waals surface area (Å²) in [7, 11) is 0. The molecule has 1 unspecified atom stereocenters. The number of ketones is 1. The van der Waals surface area contributed by atoms with Crippen LogP contribution in [0.2, 0.25) is 0 Å². The van der Waals surface area contributed by atoms with E-state index < -0.39 is 0 Å². The molecular weight excluding hydrogens is 202 g/mol. The Bertz CT molecular complexity index is 376. The number of carbonyl (C=O) groups is 1. The van der Waals surface area contributed by atoms with Crippen LogP contribution in [-0.2, 0) is 11.2 Å². The molecular formula is C13H17NO2. The number of phenols is 1. The third-order valence-electron chi connectivity index (χ3n) is 3.13. The molecule has 0 spiro atoms. The summed E-state index contributed by atoms with van der Waals surface area (Å²) in [6, 6.07) is 7.26. The highest BCUT2D eigenvalue weighted by Crippen LogP contribution is 2.22. The molecule has 0 radical (unpaired) electrons. The Kier molecular flexibility index (Phi) is 3.57. The molecule has 1 atom stereocenters. The first-order chi connectivity index (χ1) is 7.77. The van der Waals surface area contributed by atoms with E-state index in [1.165, 1.54) is 0 Å². The van der Waals surface area contributed by atoms with E-state index in [2.05, 4.69) is 5.32 Å². The highest BCUT2D eigenvalue weighted by atomic mass is 16.3. The van der Waals surface area contributed by atoms with E-state index >= 15 is 0 Å². The van der Waals surface area contributed by atoms with Gasteiger partial charge >= 0.3 is 0 Å². The number of phenolic OH excluding ortho intramolecular Hbond substituents is 1. The Hall–Kier alpha value is -1.35. The average molecular weight is 219 g/mol. The van der Waals surface area contributed by atoms with Gasteiger partial charge in [0.1, 0.15) is 11.5 Å². The molecule has 1 aromatic rings. The number of hydrogen-bond donors (Lipinski definition) is 2. The van der Waals surface area contributed by atoms with Crippen LogP contribution in [0.3, 0.4) is 0 Å². The zero-order valence-corrected chi connectivity index (χ0v) is 9.28. The number of aromatic hydroxyl groups is 1. The molecule has 1 saturated heterocycles. The number of Topliss-reactive ketones (excluding diaryl/α,β-unsaturated/α-hetero) is 1. The molecule has 16 heavy (non-hydrogen) atoms. The van der Waals surface area contributed by atoms with E-state index in [0.717, 1.165) is 25.1 Å². The van der Waals surface area contributed by atoms with Crippen molar-refractivity contribution in [3.8, 4) is 5.75 Å². The molecule has 2 rings (SSSR count). The maximum absolute atomic E-state index is 11.8. The Morgan fingerprint density at radius 2 is 2.12 bits per heavy atom. The smallest absolute Gasteiger partial charge is 0.137 e. The van der Waals surface area contributed by atoms with Gasteiger partial charge in [-0.2, -0.15) is 0 Å². The van der Waals surface area contributed by atoms with Crippen LogP contribution in [0.25, 0.3) is 0 Å². The number of para-hydroxylation sites is 1. The summed E-state index contributed by atoms with van der Waals surface area (Å²) in [5, 5.41) is 12.9. The molecule has 0 saturated carbocycles. The second kappa shape index (κ2) is 5.12. The fourth-order valence-electron chi connectivity index (χ4n) is 2.14. The van der Waals surface area contributed by atoms with Crippen molar-refractivity contribution >= 4 is 5.78 Å². The highest BCUT2D eigenvalue weighted by Gasteiger charge is 2.21. The summed E-state index contributed by atoms with van der Waals surface area (Å²) in [6.45, 7) is 1.68. The minimum atomic E-state index is 0.0586. The van der Waals surface area contributed by atoms with E-state index in [0.29, 0.717) is 24.4 Å². The number of benzene rings is 1. The largest absolute Gasteiger partial charge is 0.508 e. The molecule has 2 N–H and O–H groups in total. The maximum Gasteiger partial charge on any atom is 0.137 e. The van der Waals surface area contributed by atoms with Crippen molar-refractivity contribution in [3.05, 3.63) is 29.8 Å².